The van der Waals surface area contributed by atoms with Crippen molar-refractivity contribution in [2.75, 3.05) is 34.0 Å². The minimum atomic E-state index is -1.03. The van der Waals surface area contributed by atoms with E-state index in [1.807, 2.05) is 57.2 Å². The number of nitrogens with zero attached hydrogens (tertiary/aromatic N) is 2. The summed E-state index contributed by atoms with van der Waals surface area (Å²) in [5, 5.41) is 2.15. The first-order valence-corrected chi connectivity index (χ1v) is 29.1. The molecule has 0 aromatic heterocycles. The Morgan fingerprint density at radius 1 is 0.679 bits per heavy atom. The number of unbranched alkanes of at least 4 members (excludes halogenated alkanes) is 6. The molecule has 0 radical (unpaired) electrons. The van der Waals surface area contributed by atoms with Gasteiger partial charge >= 0.3 is 5.97 Å². The van der Waals surface area contributed by atoms with Crippen molar-refractivity contribution in [2.45, 2.75) is 181 Å². The van der Waals surface area contributed by atoms with Gasteiger partial charge in [0.1, 0.15) is 42.9 Å². The molecule has 4 aromatic rings. The molecule has 1 N–H and O–H groups in total. The van der Waals surface area contributed by atoms with E-state index in [9.17, 15) is 38.4 Å². The predicted octanol–water partition coefficient (Wildman–Crippen LogP) is 11.3. The van der Waals surface area contributed by atoms with Crippen LogP contribution in [0.15, 0.2) is 72.8 Å². The largest absolute Gasteiger partial charge is 0.493 e. The number of likely N-dealkylation sites (tertiary alicyclic amines) is 1. The number of carbonyl (C=O) groups is 8. The maximum absolute atomic E-state index is 14.3. The number of esters is 1. The van der Waals surface area contributed by atoms with E-state index in [2.05, 4.69) is 44.3 Å². The van der Waals surface area contributed by atoms with Crippen molar-refractivity contribution in [3.8, 4) is 23.0 Å². The van der Waals surface area contributed by atoms with E-state index < -0.39 is 53.7 Å². The Hall–Kier alpha value is -7.36. The fraction of sp³-hybridized carbons (Fsp3) is 0.508. The second-order valence-corrected chi connectivity index (χ2v) is 21.4. The van der Waals surface area contributed by atoms with E-state index in [0.717, 1.165) is 78.5 Å². The van der Waals surface area contributed by atoms with Gasteiger partial charge in [0.15, 0.2) is 23.1 Å². The fourth-order valence-electron chi connectivity index (χ4n) is 10.7. The lowest BCUT2D eigenvalue weighted by Gasteiger charge is -2.37. The number of piperidine rings is 2. The summed E-state index contributed by atoms with van der Waals surface area (Å²) in [4.78, 5) is 105. The maximum atomic E-state index is 14.3. The average Bonchev–Trinajstić information content (AvgIpc) is 3.73. The maximum Gasteiger partial charge on any atom is 0.329 e. The summed E-state index contributed by atoms with van der Waals surface area (Å²) in [5.41, 5.74) is 6.31. The standard InChI is InChI=1S/C45H61NO7.C20H22N2O6/c1-8-10-11-12-13-18-37(47)30-52-38-19-16-17-35(28-38)41(24-23-34-22-21-31(3)32(4)26-34)53-45(49)40-20-14-15-25-46(40)44(48)39(9-2)36-27-33(5)43(51-7)42(29-36)50-6;1-2-3-4-6-12(23)11-28-15-8-5-7-13-17(15)20(27)22(19(13)26)14-9-10-16(24)21-18(14)25/h16-17,19,21-22,26-29,39-41H,8-15,18,20,23-25,30H2,1-7H3;5,7-8,14H,2-4,6,9-11H2,1H3,(H,21,24,25)/t39-,40-,41+;/m0./s1. The molecule has 2 saturated heterocycles. The zero-order valence-electron chi connectivity index (χ0n) is 48.8. The molecular formula is C65H83N3O13. The molecular weight excluding hydrogens is 1030 g/mol. The smallest absolute Gasteiger partial charge is 0.329 e. The molecule has 0 aliphatic carbocycles. The molecule has 5 amide bonds. The molecule has 3 aliphatic heterocycles. The number of methoxy groups -OCH3 is 2. The van der Waals surface area contributed by atoms with Crippen LogP contribution in [0.4, 0.5) is 0 Å². The summed E-state index contributed by atoms with van der Waals surface area (Å²) in [6.07, 6.45) is 12.7. The normalized spacial score (nSPS) is 16.6. The Balaban J connectivity index is 0.000000315. The van der Waals surface area contributed by atoms with Gasteiger partial charge in [0.25, 0.3) is 11.8 Å². The van der Waals surface area contributed by atoms with Gasteiger partial charge in [0.2, 0.25) is 17.7 Å². The van der Waals surface area contributed by atoms with E-state index in [4.69, 9.17) is 23.7 Å². The van der Waals surface area contributed by atoms with Crippen molar-refractivity contribution >= 4 is 47.1 Å². The molecule has 1 unspecified atom stereocenters. The van der Waals surface area contributed by atoms with Gasteiger partial charge in [-0.05, 0) is 142 Å². The number of aryl methyl sites for hydroxylation is 4. The molecule has 4 aromatic carbocycles. The molecule has 0 spiro atoms. The number of benzene rings is 4. The van der Waals surface area contributed by atoms with Crippen molar-refractivity contribution in [3.05, 3.63) is 117 Å². The number of hydrogen-bond acceptors (Lipinski definition) is 13. The van der Waals surface area contributed by atoms with Crippen molar-refractivity contribution in [1.29, 1.82) is 0 Å². The van der Waals surface area contributed by atoms with Crippen LogP contribution in [0.3, 0.4) is 0 Å². The topological polar surface area (TPSA) is 201 Å². The first-order chi connectivity index (χ1) is 39.0. The highest BCUT2D eigenvalue weighted by Crippen LogP contribution is 2.38. The number of rotatable bonds is 28. The number of Topliss-reactive ketones (excluding diaryl/α,β-unsaturated/α-hetero) is 2. The van der Waals surface area contributed by atoms with Gasteiger partial charge < -0.3 is 28.6 Å². The molecule has 16 heteroatoms. The minimum absolute atomic E-state index is 0.0155. The second kappa shape index (κ2) is 31.0. The Bertz CT molecular complexity index is 2880. The first kappa shape index (κ1) is 62.8. The van der Waals surface area contributed by atoms with Gasteiger partial charge in [-0.1, -0.05) is 102 Å². The number of fused-ring (bicyclic) bond motifs is 1. The lowest BCUT2D eigenvalue weighted by atomic mass is 9.91. The molecule has 81 heavy (non-hydrogen) atoms. The Morgan fingerprint density at radius 2 is 1.38 bits per heavy atom. The van der Waals surface area contributed by atoms with Crippen LogP contribution in [-0.4, -0.2) is 103 Å². The summed E-state index contributed by atoms with van der Waals surface area (Å²) in [6, 6.07) is 20.7. The van der Waals surface area contributed by atoms with E-state index in [1.165, 1.54) is 36.1 Å². The summed E-state index contributed by atoms with van der Waals surface area (Å²) in [7, 11) is 3.20. The summed E-state index contributed by atoms with van der Waals surface area (Å²) in [5.74, 6) is -1.34. The summed E-state index contributed by atoms with van der Waals surface area (Å²) < 4.78 is 29.1. The molecule has 3 heterocycles. The van der Waals surface area contributed by atoms with Gasteiger partial charge in [-0.2, -0.15) is 0 Å². The van der Waals surface area contributed by atoms with Crippen LogP contribution in [-0.2, 0) is 39.9 Å². The van der Waals surface area contributed by atoms with Crippen LogP contribution in [0.2, 0.25) is 0 Å². The fourth-order valence-corrected chi connectivity index (χ4v) is 10.7. The van der Waals surface area contributed by atoms with Crippen LogP contribution in [0.5, 0.6) is 23.0 Å². The van der Waals surface area contributed by atoms with Gasteiger partial charge in [-0.15, -0.1) is 0 Å². The molecule has 0 saturated carbocycles. The van der Waals surface area contributed by atoms with E-state index in [-0.39, 0.29) is 60.4 Å². The van der Waals surface area contributed by atoms with E-state index in [1.54, 1.807) is 25.2 Å². The van der Waals surface area contributed by atoms with E-state index in [0.29, 0.717) is 62.3 Å². The molecule has 0 bridgehead atoms. The molecule has 4 atom stereocenters. The highest BCUT2D eigenvalue weighted by atomic mass is 16.5. The molecule has 3 aliphatic rings. The minimum Gasteiger partial charge on any atom is -0.493 e. The van der Waals surface area contributed by atoms with Gasteiger partial charge in [-0.3, -0.25) is 43.8 Å². The second-order valence-electron chi connectivity index (χ2n) is 21.4. The SMILES string of the molecule is CCCCCC(=O)COc1cccc2c1C(=O)N(C1CCC(=O)NC1=O)C2=O.CCCCCCCC(=O)COc1cccc([C@@H](CCc2ccc(C)c(C)c2)OC(=O)[C@@H]2CCCCN2C(=O)[C@@H](CC)c2cc(C)c(OC)c(OC)c2)c1. The number of amides is 5. The number of nitrogens with one attached hydrogen (secondary N) is 1. The van der Waals surface area contributed by atoms with E-state index >= 15 is 0 Å². The van der Waals surface area contributed by atoms with Gasteiger partial charge in [-0.25, -0.2) is 4.79 Å². The highest BCUT2D eigenvalue weighted by molar-refractivity contribution is 6.24. The zero-order valence-corrected chi connectivity index (χ0v) is 48.8. The van der Waals surface area contributed by atoms with Crippen LogP contribution in [0, 0.1) is 20.8 Å². The summed E-state index contributed by atoms with van der Waals surface area (Å²) >= 11 is 0. The number of carbonyl (C=O) groups excluding carboxylic acids is 8. The monoisotopic (exact) mass is 1110 g/mol. The first-order valence-electron chi connectivity index (χ1n) is 29.1. The molecule has 2 fully saturated rings. The molecule has 436 valence electrons. The zero-order chi connectivity index (χ0) is 58.6. The van der Waals surface area contributed by atoms with Gasteiger partial charge in [0, 0.05) is 25.8 Å². The third-order valence-electron chi connectivity index (χ3n) is 15.4. The number of imide groups is 2. The number of ether oxygens (including phenoxy) is 5. The number of ketones is 2. The number of hydrogen-bond donors (Lipinski definition) is 1. The molecule has 7 rings (SSSR count). The Labute approximate surface area is 477 Å². The predicted molar refractivity (Wildman–Crippen MR) is 308 cm³/mol. The third-order valence-corrected chi connectivity index (χ3v) is 15.4. The Kier molecular flexibility index (Phi) is 24.1. The van der Waals surface area contributed by atoms with Crippen LogP contribution < -0.4 is 24.3 Å². The van der Waals surface area contributed by atoms with Crippen molar-refractivity contribution in [2.24, 2.45) is 0 Å². The third kappa shape index (κ3) is 16.9. The van der Waals surface area contributed by atoms with Crippen LogP contribution in [0.25, 0.3) is 0 Å². The molecule has 16 nitrogen and oxygen atoms in total. The average molecular weight is 1110 g/mol. The lowest BCUT2D eigenvalue weighted by Crippen LogP contribution is -2.54. The quantitative estimate of drug-likeness (QED) is 0.0320. The van der Waals surface area contributed by atoms with Crippen LogP contribution >= 0.6 is 0 Å². The van der Waals surface area contributed by atoms with Crippen molar-refractivity contribution < 1.29 is 62.0 Å². The Morgan fingerprint density at radius 3 is 2.07 bits per heavy atom. The van der Waals surface area contributed by atoms with Crippen molar-refractivity contribution in [3.63, 3.8) is 0 Å². The highest BCUT2D eigenvalue weighted by Gasteiger charge is 2.46. The van der Waals surface area contributed by atoms with Crippen molar-refractivity contribution in [1.82, 2.24) is 15.1 Å². The summed E-state index contributed by atoms with van der Waals surface area (Å²) in [6.45, 7) is 12.7. The lowest BCUT2D eigenvalue weighted by molar-refractivity contribution is -0.162. The van der Waals surface area contributed by atoms with Crippen LogP contribution in [0.1, 0.15) is 196 Å². The van der Waals surface area contributed by atoms with Gasteiger partial charge in [0.05, 0.1) is 31.3 Å².